The minimum atomic E-state index is 0.137. The summed E-state index contributed by atoms with van der Waals surface area (Å²) in [7, 11) is 1.99. The van der Waals surface area contributed by atoms with Crippen molar-refractivity contribution >= 4 is 11.0 Å². The number of hydrogen-bond acceptors (Lipinski definition) is 3. The SMILES string of the molecule is CC(N)Cc1nc2ccncc2n1C. The van der Waals surface area contributed by atoms with Gasteiger partial charge in [0.05, 0.1) is 17.2 Å². The molecular formula is C10H14N4. The predicted octanol–water partition coefficient (Wildman–Crippen LogP) is 0.858. The van der Waals surface area contributed by atoms with Gasteiger partial charge in [0.25, 0.3) is 0 Å². The Morgan fingerprint density at radius 1 is 1.57 bits per heavy atom. The zero-order chi connectivity index (χ0) is 10.1. The van der Waals surface area contributed by atoms with Crippen LogP contribution in [0, 0.1) is 0 Å². The van der Waals surface area contributed by atoms with Crippen LogP contribution in [0.2, 0.25) is 0 Å². The molecule has 0 aliphatic rings. The Morgan fingerprint density at radius 2 is 2.36 bits per heavy atom. The average Bonchev–Trinajstić information content (AvgIpc) is 2.44. The van der Waals surface area contributed by atoms with Crippen molar-refractivity contribution in [1.29, 1.82) is 0 Å². The monoisotopic (exact) mass is 190 g/mol. The van der Waals surface area contributed by atoms with Gasteiger partial charge in [-0.15, -0.1) is 0 Å². The Kier molecular flexibility index (Phi) is 2.21. The molecule has 2 N–H and O–H groups in total. The summed E-state index contributed by atoms with van der Waals surface area (Å²) >= 11 is 0. The summed E-state index contributed by atoms with van der Waals surface area (Å²) in [5.74, 6) is 1.02. The van der Waals surface area contributed by atoms with Crippen molar-refractivity contribution in [1.82, 2.24) is 14.5 Å². The van der Waals surface area contributed by atoms with Crippen LogP contribution in [0.25, 0.3) is 11.0 Å². The highest BCUT2D eigenvalue weighted by Crippen LogP contribution is 2.13. The first-order chi connectivity index (χ1) is 6.68. The van der Waals surface area contributed by atoms with Gasteiger partial charge in [-0.1, -0.05) is 0 Å². The zero-order valence-electron chi connectivity index (χ0n) is 8.44. The molecule has 0 spiro atoms. The second-order valence-corrected chi connectivity index (χ2v) is 3.63. The van der Waals surface area contributed by atoms with Crippen LogP contribution in [0.15, 0.2) is 18.5 Å². The number of nitrogens with two attached hydrogens (primary N) is 1. The summed E-state index contributed by atoms with van der Waals surface area (Å²) in [6.45, 7) is 1.98. The van der Waals surface area contributed by atoms with Crippen LogP contribution in [0.3, 0.4) is 0 Å². The standard InChI is InChI=1S/C10H14N4/c1-7(11)5-10-13-8-3-4-12-6-9(8)14(10)2/h3-4,6-7H,5,11H2,1-2H3. The van der Waals surface area contributed by atoms with Gasteiger partial charge >= 0.3 is 0 Å². The number of pyridine rings is 1. The Labute approximate surface area is 82.8 Å². The van der Waals surface area contributed by atoms with E-state index in [0.717, 1.165) is 23.3 Å². The van der Waals surface area contributed by atoms with Crippen molar-refractivity contribution in [2.24, 2.45) is 12.8 Å². The molecule has 0 radical (unpaired) electrons. The first-order valence-electron chi connectivity index (χ1n) is 4.69. The molecule has 1 unspecified atom stereocenters. The second-order valence-electron chi connectivity index (χ2n) is 3.63. The Hall–Kier alpha value is -1.42. The normalized spacial score (nSPS) is 13.4. The van der Waals surface area contributed by atoms with Crippen LogP contribution in [-0.4, -0.2) is 20.6 Å². The molecular weight excluding hydrogens is 176 g/mol. The molecule has 74 valence electrons. The third kappa shape index (κ3) is 1.48. The van der Waals surface area contributed by atoms with E-state index in [9.17, 15) is 0 Å². The minimum Gasteiger partial charge on any atom is -0.330 e. The lowest BCUT2D eigenvalue weighted by molar-refractivity contribution is 0.678. The summed E-state index contributed by atoms with van der Waals surface area (Å²) in [5, 5.41) is 0. The summed E-state index contributed by atoms with van der Waals surface area (Å²) in [5.41, 5.74) is 7.79. The van der Waals surface area contributed by atoms with Gasteiger partial charge in [-0.25, -0.2) is 4.98 Å². The molecule has 0 bridgehead atoms. The van der Waals surface area contributed by atoms with E-state index >= 15 is 0 Å². The summed E-state index contributed by atoms with van der Waals surface area (Å²) in [4.78, 5) is 8.57. The summed E-state index contributed by atoms with van der Waals surface area (Å²) < 4.78 is 2.05. The number of rotatable bonds is 2. The molecule has 0 fully saturated rings. The molecule has 1 atom stereocenters. The average molecular weight is 190 g/mol. The highest BCUT2D eigenvalue weighted by molar-refractivity contribution is 5.74. The third-order valence-corrected chi connectivity index (χ3v) is 2.28. The fraction of sp³-hybridized carbons (Fsp3) is 0.400. The molecule has 0 aromatic carbocycles. The number of aromatic nitrogens is 3. The maximum atomic E-state index is 5.75. The van der Waals surface area contributed by atoms with Crippen LogP contribution in [-0.2, 0) is 13.5 Å². The zero-order valence-corrected chi connectivity index (χ0v) is 8.44. The van der Waals surface area contributed by atoms with Crippen molar-refractivity contribution in [3.8, 4) is 0 Å². The molecule has 0 aliphatic carbocycles. The molecule has 0 saturated heterocycles. The number of nitrogens with zero attached hydrogens (tertiary/aromatic N) is 3. The highest BCUT2D eigenvalue weighted by atomic mass is 15.1. The van der Waals surface area contributed by atoms with Gasteiger partial charge in [-0.2, -0.15) is 0 Å². The topological polar surface area (TPSA) is 56.7 Å². The number of imidazole rings is 1. The van der Waals surface area contributed by atoms with Crippen molar-refractivity contribution in [2.45, 2.75) is 19.4 Å². The lowest BCUT2D eigenvalue weighted by atomic mass is 10.2. The molecule has 0 amide bonds. The van der Waals surface area contributed by atoms with Crippen LogP contribution in [0.5, 0.6) is 0 Å². The summed E-state index contributed by atoms with van der Waals surface area (Å²) in [6.07, 6.45) is 4.38. The van der Waals surface area contributed by atoms with Gasteiger partial charge in [0, 0.05) is 25.7 Å². The van der Waals surface area contributed by atoms with E-state index in [4.69, 9.17) is 5.73 Å². The Morgan fingerprint density at radius 3 is 3.00 bits per heavy atom. The molecule has 2 heterocycles. The van der Waals surface area contributed by atoms with Crippen molar-refractivity contribution < 1.29 is 0 Å². The molecule has 2 rings (SSSR count). The largest absolute Gasteiger partial charge is 0.330 e. The van der Waals surface area contributed by atoms with Crippen LogP contribution >= 0.6 is 0 Å². The second kappa shape index (κ2) is 3.38. The molecule has 0 aliphatic heterocycles. The highest BCUT2D eigenvalue weighted by Gasteiger charge is 2.08. The Balaban J connectivity index is 2.51. The van der Waals surface area contributed by atoms with Gasteiger partial charge in [-0.3, -0.25) is 4.98 Å². The maximum absolute atomic E-state index is 5.75. The fourth-order valence-electron chi connectivity index (χ4n) is 1.56. The van der Waals surface area contributed by atoms with Gasteiger partial charge in [0.1, 0.15) is 5.82 Å². The van der Waals surface area contributed by atoms with E-state index in [-0.39, 0.29) is 6.04 Å². The van der Waals surface area contributed by atoms with E-state index in [1.54, 1.807) is 6.20 Å². The van der Waals surface area contributed by atoms with Gasteiger partial charge in [-0.05, 0) is 13.0 Å². The van der Waals surface area contributed by atoms with Gasteiger partial charge in [0.15, 0.2) is 0 Å². The maximum Gasteiger partial charge on any atom is 0.111 e. The third-order valence-electron chi connectivity index (χ3n) is 2.28. The van der Waals surface area contributed by atoms with E-state index in [1.807, 2.05) is 30.8 Å². The summed E-state index contributed by atoms with van der Waals surface area (Å²) in [6, 6.07) is 2.05. The van der Waals surface area contributed by atoms with E-state index in [0.29, 0.717) is 0 Å². The lowest BCUT2D eigenvalue weighted by Gasteiger charge is -2.04. The first-order valence-corrected chi connectivity index (χ1v) is 4.69. The Bertz CT molecular complexity index is 444. The van der Waals surface area contributed by atoms with Crippen LogP contribution in [0.1, 0.15) is 12.7 Å². The van der Waals surface area contributed by atoms with E-state index < -0.39 is 0 Å². The molecule has 4 heteroatoms. The van der Waals surface area contributed by atoms with Crippen LogP contribution in [0.4, 0.5) is 0 Å². The molecule has 4 nitrogen and oxygen atoms in total. The van der Waals surface area contributed by atoms with Crippen molar-refractivity contribution in [2.75, 3.05) is 0 Å². The molecule has 14 heavy (non-hydrogen) atoms. The molecule has 2 aromatic rings. The minimum absolute atomic E-state index is 0.137. The van der Waals surface area contributed by atoms with Gasteiger partial charge < -0.3 is 10.3 Å². The van der Waals surface area contributed by atoms with Gasteiger partial charge in [0.2, 0.25) is 0 Å². The number of hydrogen-bond donors (Lipinski definition) is 1. The van der Waals surface area contributed by atoms with Crippen molar-refractivity contribution in [3.63, 3.8) is 0 Å². The van der Waals surface area contributed by atoms with Crippen molar-refractivity contribution in [3.05, 3.63) is 24.3 Å². The van der Waals surface area contributed by atoms with E-state index in [2.05, 4.69) is 9.97 Å². The van der Waals surface area contributed by atoms with E-state index in [1.165, 1.54) is 0 Å². The quantitative estimate of drug-likeness (QED) is 0.764. The molecule has 2 aromatic heterocycles. The smallest absolute Gasteiger partial charge is 0.111 e. The number of aryl methyl sites for hydroxylation is 1. The predicted molar refractivity (Wildman–Crippen MR) is 55.9 cm³/mol. The fourth-order valence-corrected chi connectivity index (χ4v) is 1.56. The lowest BCUT2D eigenvalue weighted by Crippen LogP contribution is -2.19. The molecule has 0 saturated carbocycles. The number of fused-ring (bicyclic) bond motifs is 1. The first kappa shape index (κ1) is 9.15. The van der Waals surface area contributed by atoms with Crippen LogP contribution < -0.4 is 5.73 Å².